The molecule has 1 aromatic carbocycles. The van der Waals surface area contributed by atoms with Gasteiger partial charge in [0.15, 0.2) is 0 Å². The van der Waals surface area contributed by atoms with Crippen LogP contribution in [0.1, 0.15) is 43.7 Å². The Balaban J connectivity index is 1.86. The second-order valence-electron chi connectivity index (χ2n) is 5.38. The maximum Gasteiger partial charge on any atom is 0.318 e. The van der Waals surface area contributed by atoms with Gasteiger partial charge in [-0.25, -0.2) is 0 Å². The lowest BCUT2D eigenvalue weighted by atomic mass is 10.1. The summed E-state index contributed by atoms with van der Waals surface area (Å²) in [4.78, 5) is 13.9. The molecule has 1 unspecified atom stereocenters. The maximum absolute atomic E-state index is 11.8. The van der Waals surface area contributed by atoms with Crippen molar-refractivity contribution in [2.24, 2.45) is 0 Å². The monoisotopic (exact) mass is 300 g/mol. The molecule has 3 rings (SSSR count). The van der Waals surface area contributed by atoms with Crippen LogP contribution in [-0.2, 0) is 4.79 Å². The fraction of sp³-hybridized carbons (Fsp3) is 0.438. The highest BCUT2D eigenvalue weighted by Gasteiger charge is 2.25. The zero-order valence-electron chi connectivity index (χ0n) is 12.7. The van der Waals surface area contributed by atoms with Gasteiger partial charge in [-0.05, 0) is 18.4 Å². The fourth-order valence-corrected chi connectivity index (χ4v) is 2.58. The Morgan fingerprint density at radius 3 is 2.68 bits per heavy atom. The minimum atomic E-state index is -0.405. The predicted octanol–water partition coefficient (Wildman–Crippen LogP) is 2.29. The third-order valence-electron chi connectivity index (χ3n) is 3.81. The molecular weight excluding hydrogens is 280 g/mol. The van der Waals surface area contributed by atoms with Gasteiger partial charge in [0.2, 0.25) is 11.8 Å². The molecular formula is C16H20N4O2. The molecule has 0 spiro atoms. The highest BCUT2D eigenvalue weighted by atomic mass is 16.4. The number of aromatic nitrogens is 2. The molecule has 1 amide bonds. The maximum atomic E-state index is 11.8. The lowest BCUT2D eigenvalue weighted by Crippen LogP contribution is -2.28. The summed E-state index contributed by atoms with van der Waals surface area (Å²) in [6.45, 7) is 3.71. The van der Waals surface area contributed by atoms with Crippen LogP contribution >= 0.6 is 0 Å². The van der Waals surface area contributed by atoms with Gasteiger partial charge in [-0.2, -0.15) is 0 Å². The van der Waals surface area contributed by atoms with E-state index in [-0.39, 0.29) is 5.91 Å². The molecule has 1 saturated heterocycles. The number of carbonyl (C=O) groups excluding carboxylic acids is 1. The molecule has 1 aliphatic heterocycles. The van der Waals surface area contributed by atoms with Crippen molar-refractivity contribution in [2.75, 3.05) is 18.0 Å². The summed E-state index contributed by atoms with van der Waals surface area (Å²) >= 11 is 0. The van der Waals surface area contributed by atoms with Crippen molar-refractivity contribution in [2.45, 2.75) is 32.2 Å². The van der Waals surface area contributed by atoms with E-state index < -0.39 is 6.04 Å². The first-order chi connectivity index (χ1) is 10.8. The number of nitrogens with one attached hydrogen (secondary N) is 1. The van der Waals surface area contributed by atoms with Crippen molar-refractivity contribution in [1.29, 1.82) is 0 Å². The summed E-state index contributed by atoms with van der Waals surface area (Å²) in [5.74, 6) is 0.379. The van der Waals surface area contributed by atoms with Crippen LogP contribution in [0.4, 0.5) is 6.01 Å². The zero-order chi connectivity index (χ0) is 15.4. The minimum absolute atomic E-state index is 0.0465. The van der Waals surface area contributed by atoms with E-state index >= 15 is 0 Å². The van der Waals surface area contributed by atoms with Crippen LogP contribution < -0.4 is 10.2 Å². The SMILES string of the molecule is CCC(=O)NC(c1ccccc1)c1nnc(N2CCCC2)o1. The fourth-order valence-electron chi connectivity index (χ4n) is 2.58. The van der Waals surface area contributed by atoms with Gasteiger partial charge < -0.3 is 14.6 Å². The first kappa shape index (κ1) is 14.6. The molecule has 0 aliphatic carbocycles. The van der Waals surface area contributed by atoms with Gasteiger partial charge in [0, 0.05) is 19.5 Å². The van der Waals surface area contributed by atoms with Gasteiger partial charge in [0.25, 0.3) is 0 Å². The Morgan fingerprint density at radius 2 is 2.00 bits per heavy atom. The smallest absolute Gasteiger partial charge is 0.318 e. The first-order valence-corrected chi connectivity index (χ1v) is 7.70. The van der Waals surface area contributed by atoms with Crippen LogP contribution in [0.25, 0.3) is 0 Å². The highest BCUT2D eigenvalue weighted by molar-refractivity contribution is 5.76. The van der Waals surface area contributed by atoms with E-state index in [1.54, 1.807) is 0 Å². The second kappa shape index (κ2) is 6.60. The standard InChI is InChI=1S/C16H20N4O2/c1-2-13(21)17-14(12-8-4-3-5-9-12)15-18-19-16(22-15)20-10-6-7-11-20/h3-5,8-9,14H,2,6-7,10-11H2,1H3,(H,17,21). The number of amides is 1. The number of nitrogens with zero attached hydrogens (tertiary/aromatic N) is 3. The molecule has 1 aliphatic rings. The molecule has 2 aromatic rings. The first-order valence-electron chi connectivity index (χ1n) is 7.70. The van der Waals surface area contributed by atoms with Gasteiger partial charge in [-0.3, -0.25) is 4.79 Å². The average molecular weight is 300 g/mol. The molecule has 0 saturated carbocycles. The number of hydrogen-bond acceptors (Lipinski definition) is 5. The number of anilines is 1. The van der Waals surface area contributed by atoms with Crippen molar-refractivity contribution in [3.05, 3.63) is 41.8 Å². The van der Waals surface area contributed by atoms with Crippen LogP contribution in [0, 0.1) is 0 Å². The van der Waals surface area contributed by atoms with Crippen molar-refractivity contribution in [3.8, 4) is 0 Å². The number of benzene rings is 1. The van der Waals surface area contributed by atoms with Crippen LogP contribution in [0.5, 0.6) is 0 Å². The zero-order valence-corrected chi connectivity index (χ0v) is 12.7. The molecule has 1 atom stereocenters. The molecule has 22 heavy (non-hydrogen) atoms. The van der Waals surface area contributed by atoms with Crippen LogP contribution in [0.2, 0.25) is 0 Å². The van der Waals surface area contributed by atoms with E-state index in [0.29, 0.717) is 18.3 Å². The number of rotatable bonds is 5. The Morgan fingerprint density at radius 1 is 1.27 bits per heavy atom. The molecule has 6 nitrogen and oxygen atoms in total. The highest BCUT2D eigenvalue weighted by Crippen LogP contribution is 2.25. The molecule has 2 heterocycles. The van der Waals surface area contributed by atoms with Crippen molar-refractivity contribution in [1.82, 2.24) is 15.5 Å². The second-order valence-corrected chi connectivity index (χ2v) is 5.38. The molecule has 116 valence electrons. The minimum Gasteiger partial charge on any atom is -0.405 e. The van der Waals surface area contributed by atoms with E-state index in [2.05, 4.69) is 20.4 Å². The normalized spacial score (nSPS) is 15.8. The van der Waals surface area contributed by atoms with Gasteiger partial charge in [0.05, 0.1) is 0 Å². The molecule has 0 radical (unpaired) electrons. The third-order valence-corrected chi connectivity index (χ3v) is 3.81. The Bertz CT molecular complexity index is 620. The molecule has 6 heteroatoms. The van der Waals surface area contributed by atoms with Gasteiger partial charge in [-0.1, -0.05) is 42.4 Å². The summed E-state index contributed by atoms with van der Waals surface area (Å²) in [5.41, 5.74) is 0.931. The topological polar surface area (TPSA) is 71.3 Å². The lowest BCUT2D eigenvalue weighted by molar-refractivity contribution is -0.121. The van der Waals surface area contributed by atoms with Crippen LogP contribution in [0.3, 0.4) is 0 Å². The third kappa shape index (κ3) is 3.10. The summed E-state index contributed by atoms with van der Waals surface area (Å²) in [6, 6.07) is 9.82. The molecule has 1 fully saturated rings. The number of hydrogen-bond donors (Lipinski definition) is 1. The van der Waals surface area contributed by atoms with E-state index in [1.807, 2.05) is 37.3 Å². The van der Waals surface area contributed by atoms with Crippen LogP contribution in [0.15, 0.2) is 34.7 Å². The quantitative estimate of drug-likeness (QED) is 0.917. The van der Waals surface area contributed by atoms with Gasteiger partial charge >= 0.3 is 6.01 Å². The van der Waals surface area contributed by atoms with Gasteiger partial charge in [-0.15, -0.1) is 5.10 Å². The van der Waals surface area contributed by atoms with Crippen LogP contribution in [-0.4, -0.2) is 29.2 Å². The van der Waals surface area contributed by atoms with Crippen molar-refractivity contribution >= 4 is 11.9 Å². The van der Waals surface area contributed by atoms with E-state index in [1.165, 1.54) is 0 Å². The Labute approximate surface area is 129 Å². The largest absolute Gasteiger partial charge is 0.405 e. The molecule has 1 aromatic heterocycles. The molecule has 0 bridgehead atoms. The lowest BCUT2D eigenvalue weighted by Gasteiger charge is -2.15. The van der Waals surface area contributed by atoms with E-state index in [9.17, 15) is 4.79 Å². The Hall–Kier alpha value is -2.37. The van der Waals surface area contributed by atoms with E-state index in [4.69, 9.17) is 4.42 Å². The summed E-state index contributed by atoms with van der Waals surface area (Å²) < 4.78 is 5.82. The summed E-state index contributed by atoms with van der Waals surface area (Å²) in [6.07, 6.45) is 2.70. The Kier molecular flexibility index (Phi) is 4.37. The predicted molar refractivity (Wildman–Crippen MR) is 82.5 cm³/mol. The average Bonchev–Trinajstić information content (AvgIpc) is 3.24. The number of carbonyl (C=O) groups is 1. The van der Waals surface area contributed by atoms with Crippen molar-refractivity contribution in [3.63, 3.8) is 0 Å². The van der Waals surface area contributed by atoms with E-state index in [0.717, 1.165) is 31.5 Å². The van der Waals surface area contributed by atoms with Gasteiger partial charge in [0.1, 0.15) is 6.04 Å². The summed E-state index contributed by atoms with van der Waals surface area (Å²) in [7, 11) is 0. The van der Waals surface area contributed by atoms with Crippen molar-refractivity contribution < 1.29 is 9.21 Å². The summed E-state index contributed by atoms with van der Waals surface area (Å²) in [5, 5.41) is 11.2. The molecule has 1 N–H and O–H groups in total.